The number of unbranched alkanes of at least 4 members (excludes halogenated alkanes) is 4. The van der Waals surface area contributed by atoms with Gasteiger partial charge in [0.2, 0.25) is 0 Å². The lowest BCUT2D eigenvalue weighted by molar-refractivity contribution is 0.166. The molecule has 2 atom stereocenters. The van der Waals surface area contributed by atoms with Crippen LogP contribution in [0.3, 0.4) is 0 Å². The van der Waals surface area contributed by atoms with Gasteiger partial charge in [-0.05, 0) is 6.42 Å². The summed E-state index contributed by atoms with van der Waals surface area (Å²) in [5.74, 6) is 0. The number of aliphatic hydroxyl groups is 1. The van der Waals surface area contributed by atoms with E-state index in [1.54, 1.807) is 0 Å². The van der Waals surface area contributed by atoms with Gasteiger partial charge in [0.1, 0.15) is 0 Å². The number of hydrogen-bond acceptors (Lipinski definition) is 1. The van der Waals surface area contributed by atoms with Gasteiger partial charge in [0.25, 0.3) is 0 Å². The Morgan fingerprint density at radius 1 is 1.17 bits per heavy atom. The second-order valence-electron chi connectivity index (χ2n) is 3.45. The van der Waals surface area contributed by atoms with Gasteiger partial charge in [0.15, 0.2) is 0 Å². The summed E-state index contributed by atoms with van der Waals surface area (Å²) >= 11 is 2.29. The van der Waals surface area contributed by atoms with Gasteiger partial charge in [-0.15, -0.1) is 0 Å². The Bertz CT molecular complexity index is 93.8. The summed E-state index contributed by atoms with van der Waals surface area (Å²) in [5.41, 5.74) is 0. The molecular formula is C10H21IO. The normalized spacial score (nSPS) is 16.0. The van der Waals surface area contributed by atoms with Crippen LogP contribution in [0.5, 0.6) is 0 Å². The van der Waals surface area contributed by atoms with Gasteiger partial charge >= 0.3 is 0 Å². The Balaban J connectivity index is 3.08. The summed E-state index contributed by atoms with van der Waals surface area (Å²) in [6.07, 6.45) is 7.34. The Morgan fingerprint density at radius 3 is 2.25 bits per heavy atom. The molecule has 0 aromatic heterocycles. The van der Waals surface area contributed by atoms with E-state index in [1.165, 1.54) is 32.1 Å². The lowest BCUT2D eigenvalue weighted by Gasteiger charge is -2.12. The van der Waals surface area contributed by atoms with Crippen LogP contribution in [0.4, 0.5) is 0 Å². The zero-order valence-electron chi connectivity index (χ0n) is 8.22. The first-order valence-corrected chi connectivity index (χ1v) is 6.25. The van der Waals surface area contributed by atoms with Crippen molar-refractivity contribution in [2.45, 2.75) is 62.4 Å². The summed E-state index contributed by atoms with van der Waals surface area (Å²) in [6.45, 7) is 4.29. The maximum atomic E-state index is 9.48. The molecule has 0 unspecified atom stereocenters. The quantitative estimate of drug-likeness (QED) is 0.431. The maximum absolute atomic E-state index is 9.48. The molecule has 0 radical (unpaired) electrons. The molecule has 0 fully saturated rings. The van der Waals surface area contributed by atoms with E-state index in [2.05, 4.69) is 36.4 Å². The topological polar surface area (TPSA) is 20.2 Å². The van der Waals surface area contributed by atoms with E-state index < -0.39 is 0 Å². The fourth-order valence-corrected chi connectivity index (χ4v) is 1.55. The van der Waals surface area contributed by atoms with Crippen LogP contribution in [0.1, 0.15) is 52.4 Å². The minimum Gasteiger partial charge on any atom is -0.392 e. The summed E-state index contributed by atoms with van der Waals surface area (Å²) in [7, 11) is 0. The number of halogens is 1. The Kier molecular flexibility index (Phi) is 8.77. The van der Waals surface area contributed by atoms with Gasteiger partial charge in [0.05, 0.1) is 6.10 Å². The lowest BCUT2D eigenvalue weighted by Crippen LogP contribution is -2.16. The first kappa shape index (κ1) is 12.7. The summed E-state index contributed by atoms with van der Waals surface area (Å²) in [5, 5.41) is 9.48. The van der Waals surface area contributed by atoms with E-state index in [1.807, 2.05) is 0 Å². The van der Waals surface area contributed by atoms with Gasteiger partial charge in [-0.1, -0.05) is 68.5 Å². The first-order valence-electron chi connectivity index (χ1n) is 5.00. The van der Waals surface area contributed by atoms with Gasteiger partial charge in [-0.25, -0.2) is 0 Å². The summed E-state index contributed by atoms with van der Waals surface area (Å²) in [6, 6.07) is 0. The lowest BCUT2D eigenvalue weighted by atomic mass is 10.1. The van der Waals surface area contributed by atoms with Crippen molar-refractivity contribution in [1.82, 2.24) is 0 Å². The van der Waals surface area contributed by atoms with Crippen molar-refractivity contribution in [3.05, 3.63) is 0 Å². The summed E-state index contributed by atoms with van der Waals surface area (Å²) in [4.78, 5) is 0. The minimum absolute atomic E-state index is 0.0905. The first-order chi connectivity index (χ1) is 5.68. The Hall–Kier alpha value is 0.690. The standard InChI is InChI=1S/C10H21IO/c1-3-4-5-6-7-8-10(12)9(2)11/h9-10,12H,3-8H2,1-2H3/t9-,10-/m0/s1. The molecule has 1 nitrogen and oxygen atoms in total. The number of aliphatic hydroxyl groups excluding tert-OH is 1. The largest absolute Gasteiger partial charge is 0.392 e. The van der Waals surface area contributed by atoms with Crippen molar-refractivity contribution in [2.24, 2.45) is 0 Å². The Morgan fingerprint density at radius 2 is 1.75 bits per heavy atom. The third-order valence-electron chi connectivity index (χ3n) is 2.13. The highest BCUT2D eigenvalue weighted by Gasteiger charge is 2.08. The van der Waals surface area contributed by atoms with Crippen molar-refractivity contribution >= 4 is 22.6 Å². The fourth-order valence-electron chi connectivity index (χ4n) is 1.19. The monoisotopic (exact) mass is 284 g/mol. The van der Waals surface area contributed by atoms with Crippen molar-refractivity contribution in [3.63, 3.8) is 0 Å². The van der Waals surface area contributed by atoms with Gasteiger partial charge in [-0.3, -0.25) is 0 Å². The Labute approximate surface area is 90.1 Å². The van der Waals surface area contributed by atoms with E-state index in [-0.39, 0.29) is 6.10 Å². The van der Waals surface area contributed by atoms with Crippen molar-refractivity contribution < 1.29 is 5.11 Å². The molecule has 0 saturated heterocycles. The highest BCUT2D eigenvalue weighted by Crippen LogP contribution is 2.13. The molecule has 0 saturated carbocycles. The van der Waals surface area contributed by atoms with Crippen LogP contribution >= 0.6 is 22.6 Å². The molecule has 0 aliphatic rings. The molecule has 12 heavy (non-hydrogen) atoms. The van der Waals surface area contributed by atoms with Gasteiger partial charge < -0.3 is 5.11 Å². The molecule has 0 aliphatic carbocycles. The van der Waals surface area contributed by atoms with Crippen LogP contribution in [0.2, 0.25) is 0 Å². The molecule has 0 spiro atoms. The van der Waals surface area contributed by atoms with E-state index in [0.29, 0.717) is 3.92 Å². The van der Waals surface area contributed by atoms with Crippen LogP contribution < -0.4 is 0 Å². The van der Waals surface area contributed by atoms with E-state index in [0.717, 1.165) is 6.42 Å². The molecule has 0 rings (SSSR count). The molecule has 0 bridgehead atoms. The zero-order chi connectivity index (χ0) is 9.40. The molecule has 74 valence electrons. The molecule has 0 heterocycles. The van der Waals surface area contributed by atoms with Crippen LogP contribution in [0, 0.1) is 0 Å². The van der Waals surface area contributed by atoms with Gasteiger partial charge in [-0.2, -0.15) is 0 Å². The smallest absolute Gasteiger partial charge is 0.0655 e. The van der Waals surface area contributed by atoms with E-state index in [4.69, 9.17) is 0 Å². The average molecular weight is 284 g/mol. The molecule has 2 heteroatoms. The number of alkyl halides is 1. The molecule has 0 amide bonds. The minimum atomic E-state index is -0.0905. The van der Waals surface area contributed by atoms with Crippen LogP contribution in [0.25, 0.3) is 0 Å². The summed E-state index contributed by atoms with van der Waals surface area (Å²) < 4.78 is 0.397. The van der Waals surface area contributed by atoms with Gasteiger partial charge in [0, 0.05) is 3.92 Å². The second kappa shape index (κ2) is 8.30. The second-order valence-corrected chi connectivity index (χ2v) is 5.41. The van der Waals surface area contributed by atoms with Crippen LogP contribution in [0.15, 0.2) is 0 Å². The maximum Gasteiger partial charge on any atom is 0.0655 e. The van der Waals surface area contributed by atoms with Crippen LogP contribution in [-0.4, -0.2) is 15.1 Å². The molecular weight excluding hydrogens is 263 g/mol. The highest BCUT2D eigenvalue weighted by atomic mass is 127. The van der Waals surface area contributed by atoms with Crippen molar-refractivity contribution in [3.8, 4) is 0 Å². The molecule has 1 N–H and O–H groups in total. The van der Waals surface area contributed by atoms with E-state index in [9.17, 15) is 5.11 Å². The SMILES string of the molecule is CCCCCCC[C@H](O)[C@H](C)I. The highest BCUT2D eigenvalue weighted by molar-refractivity contribution is 14.1. The van der Waals surface area contributed by atoms with Crippen molar-refractivity contribution in [2.75, 3.05) is 0 Å². The third kappa shape index (κ3) is 7.35. The molecule has 0 aromatic carbocycles. The predicted molar refractivity (Wildman–Crippen MR) is 62.9 cm³/mol. The van der Waals surface area contributed by atoms with E-state index >= 15 is 0 Å². The predicted octanol–water partition coefficient (Wildman–Crippen LogP) is 3.53. The molecule has 0 aliphatic heterocycles. The zero-order valence-corrected chi connectivity index (χ0v) is 10.4. The number of rotatable bonds is 7. The van der Waals surface area contributed by atoms with Crippen molar-refractivity contribution in [1.29, 1.82) is 0 Å². The van der Waals surface area contributed by atoms with Crippen LogP contribution in [-0.2, 0) is 0 Å². The molecule has 0 aromatic rings. The average Bonchev–Trinajstić information content (AvgIpc) is 2.03. The third-order valence-corrected chi connectivity index (χ3v) is 2.96. The number of hydrogen-bond donors (Lipinski definition) is 1. The fraction of sp³-hybridized carbons (Fsp3) is 1.00.